The summed E-state index contributed by atoms with van der Waals surface area (Å²) in [5, 5.41) is 10.6. The molecule has 0 aromatic heterocycles. The highest BCUT2D eigenvalue weighted by Crippen LogP contribution is 2.45. The lowest BCUT2D eigenvalue weighted by molar-refractivity contribution is -0.161. The molecule has 17 nitrogen and oxygen atoms in total. The van der Waals surface area contributed by atoms with Gasteiger partial charge in [0.15, 0.2) is 12.2 Å². The monoisotopic (exact) mass is 1380 g/mol. The summed E-state index contributed by atoms with van der Waals surface area (Å²) in [6.45, 7) is 7.21. The van der Waals surface area contributed by atoms with E-state index in [1.807, 2.05) is 0 Å². The van der Waals surface area contributed by atoms with Crippen molar-refractivity contribution in [1.29, 1.82) is 0 Å². The Hall–Kier alpha value is -1.94. The van der Waals surface area contributed by atoms with Crippen LogP contribution in [0.25, 0.3) is 0 Å². The zero-order chi connectivity index (χ0) is 69.1. The molecular weight excluding hydrogens is 1230 g/mol. The van der Waals surface area contributed by atoms with Crippen LogP contribution >= 0.6 is 15.6 Å². The van der Waals surface area contributed by atoms with Gasteiger partial charge in [-0.05, 0) is 31.6 Å². The van der Waals surface area contributed by atoms with Gasteiger partial charge in [0.25, 0.3) is 0 Å². The molecule has 5 atom stereocenters. The predicted octanol–water partition coefficient (Wildman–Crippen LogP) is 22.1. The van der Waals surface area contributed by atoms with E-state index >= 15 is 0 Å². The smallest absolute Gasteiger partial charge is 0.462 e. The molecule has 0 rings (SSSR count). The van der Waals surface area contributed by atoms with Gasteiger partial charge in [-0.1, -0.05) is 343 Å². The Morgan fingerprint density at radius 3 is 0.723 bits per heavy atom. The van der Waals surface area contributed by atoms with Crippen LogP contribution in [0.2, 0.25) is 0 Å². The largest absolute Gasteiger partial charge is 0.472 e. The number of phosphoric acid groups is 2. The highest BCUT2D eigenvalue weighted by atomic mass is 31.2. The molecule has 2 unspecified atom stereocenters. The SMILES string of the molecule is CCCCCCCCCCCCCCCCCCCCC(=O)O[C@H](COC(=O)CCCCCCCCCCCCCCCCCC)COP(=O)(O)OC[C@@H](O)COP(=O)(O)OC[C@@H](COC(=O)CCCCCCC)OC(=O)CCCCCCCCCCCCCCC(C)C. The van der Waals surface area contributed by atoms with Crippen LogP contribution in [0.4, 0.5) is 0 Å². The van der Waals surface area contributed by atoms with Gasteiger partial charge in [-0.25, -0.2) is 9.13 Å². The number of ether oxygens (including phenoxy) is 4. The normalized spacial score (nSPS) is 14.0. The first kappa shape index (κ1) is 92.1. The highest BCUT2D eigenvalue weighted by Gasteiger charge is 2.30. The van der Waals surface area contributed by atoms with Crippen molar-refractivity contribution >= 4 is 39.5 Å². The van der Waals surface area contributed by atoms with E-state index in [2.05, 4.69) is 34.6 Å². The van der Waals surface area contributed by atoms with Gasteiger partial charge in [-0.15, -0.1) is 0 Å². The molecule has 0 spiro atoms. The molecule has 19 heteroatoms. The number of phosphoric ester groups is 2. The minimum absolute atomic E-state index is 0.106. The average Bonchev–Trinajstić information content (AvgIpc) is 2.82. The van der Waals surface area contributed by atoms with Crippen molar-refractivity contribution in [2.24, 2.45) is 5.92 Å². The topological polar surface area (TPSA) is 237 Å². The summed E-state index contributed by atoms with van der Waals surface area (Å²) in [4.78, 5) is 72.5. The van der Waals surface area contributed by atoms with E-state index in [1.165, 1.54) is 212 Å². The summed E-state index contributed by atoms with van der Waals surface area (Å²) >= 11 is 0. The Labute approximate surface area is 575 Å². The van der Waals surface area contributed by atoms with Gasteiger partial charge in [0.1, 0.15) is 19.3 Å². The number of carbonyl (C=O) groups excluding carboxylic acids is 4. The Balaban J connectivity index is 5.14. The molecule has 0 saturated heterocycles. The van der Waals surface area contributed by atoms with Gasteiger partial charge >= 0.3 is 39.5 Å². The van der Waals surface area contributed by atoms with E-state index < -0.39 is 97.5 Å². The number of aliphatic hydroxyl groups excluding tert-OH is 1. The highest BCUT2D eigenvalue weighted by molar-refractivity contribution is 7.47. The van der Waals surface area contributed by atoms with E-state index in [9.17, 15) is 43.2 Å². The van der Waals surface area contributed by atoms with Crippen LogP contribution in [-0.2, 0) is 65.4 Å². The first-order valence-electron chi connectivity index (χ1n) is 39.1. The molecular formula is C75H146O17P2. The van der Waals surface area contributed by atoms with Crippen LogP contribution in [0.5, 0.6) is 0 Å². The van der Waals surface area contributed by atoms with Crippen LogP contribution < -0.4 is 0 Å². The summed E-state index contributed by atoms with van der Waals surface area (Å²) in [5.74, 6) is -1.35. The van der Waals surface area contributed by atoms with Crippen LogP contribution in [0.3, 0.4) is 0 Å². The third-order valence-corrected chi connectivity index (χ3v) is 19.4. The summed E-state index contributed by atoms with van der Waals surface area (Å²) in [6, 6.07) is 0. The Morgan fingerprint density at radius 2 is 0.489 bits per heavy atom. The number of hydrogen-bond donors (Lipinski definition) is 3. The fourth-order valence-corrected chi connectivity index (χ4v) is 13.1. The second-order valence-corrected chi connectivity index (χ2v) is 30.4. The molecule has 0 saturated carbocycles. The molecule has 0 fully saturated rings. The predicted molar refractivity (Wildman–Crippen MR) is 382 cm³/mol. The summed E-state index contributed by atoms with van der Waals surface area (Å²) in [6.07, 6.45) is 57.3. The van der Waals surface area contributed by atoms with Crippen molar-refractivity contribution in [2.45, 2.75) is 412 Å². The number of esters is 4. The van der Waals surface area contributed by atoms with Crippen molar-refractivity contribution in [3.8, 4) is 0 Å². The first-order valence-corrected chi connectivity index (χ1v) is 42.1. The molecule has 0 bridgehead atoms. The Morgan fingerprint density at radius 1 is 0.287 bits per heavy atom. The quantitative estimate of drug-likeness (QED) is 0.0222. The minimum Gasteiger partial charge on any atom is -0.462 e. The van der Waals surface area contributed by atoms with Crippen molar-refractivity contribution in [3.05, 3.63) is 0 Å². The van der Waals surface area contributed by atoms with Gasteiger partial charge in [0.2, 0.25) is 0 Å². The first-order chi connectivity index (χ1) is 45.5. The molecule has 0 aliphatic rings. The number of hydrogen-bond acceptors (Lipinski definition) is 15. The number of carbonyl (C=O) groups is 4. The molecule has 0 radical (unpaired) electrons. The van der Waals surface area contributed by atoms with E-state index in [1.54, 1.807) is 0 Å². The molecule has 558 valence electrons. The van der Waals surface area contributed by atoms with Gasteiger partial charge in [0.05, 0.1) is 26.4 Å². The Bertz CT molecular complexity index is 1810. The maximum atomic E-state index is 13.1. The second kappa shape index (κ2) is 68.2. The lowest BCUT2D eigenvalue weighted by Crippen LogP contribution is -2.30. The van der Waals surface area contributed by atoms with Crippen molar-refractivity contribution in [2.75, 3.05) is 39.6 Å². The van der Waals surface area contributed by atoms with Gasteiger partial charge in [-0.2, -0.15) is 0 Å². The van der Waals surface area contributed by atoms with E-state index in [0.29, 0.717) is 25.7 Å². The maximum Gasteiger partial charge on any atom is 0.472 e. The molecule has 0 aromatic rings. The summed E-state index contributed by atoms with van der Waals surface area (Å²) in [5.41, 5.74) is 0. The molecule has 0 heterocycles. The fourth-order valence-electron chi connectivity index (χ4n) is 11.5. The molecule has 94 heavy (non-hydrogen) atoms. The molecule has 0 amide bonds. The van der Waals surface area contributed by atoms with E-state index in [0.717, 1.165) is 102 Å². The summed E-state index contributed by atoms with van der Waals surface area (Å²) in [7, 11) is -9.90. The van der Waals surface area contributed by atoms with Crippen LogP contribution in [0, 0.1) is 5.92 Å². The Kier molecular flexibility index (Phi) is 66.8. The van der Waals surface area contributed by atoms with Crippen LogP contribution in [0.1, 0.15) is 394 Å². The lowest BCUT2D eigenvalue weighted by Gasteiger charge is -2.21. The van der Waals surface area contributed by atoms with Gasteiger partial charge in [0, 0.05) is 25.7 Å². The van der Waals surface area contributed by atoms with Crippen molar-refractivity contribution in [1.82, 2.24) is 0 Å². The van der Waals surface area contributed by atoms with E-state index in [4.69, 9.17) is 37.0 Å². The second-order valence-electron chi connectivity index (χ2n) is 27.5. The van der Waals surface area contributed by atoms with E-state index in [-0.39, 0.29) is 25.7 Å². The molecule has 3 N–H and O–H groups in total. The summed E-state index contributed by atoms with van der Waals surface area (Å²) < 4.78 is 68.3. The number of rotatable bonds is 75. The number of aliphatic hydroxyl groups is 1. The van der Waals surface area contributed by atoms with Crippen molar-refractivity contribution in [3.63, 3.8) is 0 Å². The molecule has 0 aromatic carbocycles. The van der Waals surface area contributed by atoms with Crippen LogP contribution in [0.15, 0.2) is 0 Å². The minimum atomic E-state index is -4.95. The van der Waals surface area contributed by atoms with Gasteiger partial charge < -0.3 is 33.8 Å². The zero-order valence-electron chi connectivity index (χ0n) is 61.1. The third kappa shape index (κ3) is 68.6. The van der Waals surface area contributed by atoms with Crippen LogP contribution in [-0.4, -0.2) is 96.7 Å². The van der Waals surface area contributed by atoms with Gasteiger partial charge in [-0.3, -0.25) is 37.3 Å². The lowest BCUT2D eigenvalue weighted by atomic mass is 10.0. The average molecular weight is 1380 g/mol. The maximum absolute atomic E-state index is 13.1. The number of unbranched alkanes of at least 4 members (excludes halogenated alkanes) is 47. The molecule has 0 aliphatic heterocycles. The zero-order valence-corrected chi connectivity index (χ0v) is 62.9. The third-order valence-electron chi connectivity index (χ3n) is 17.5. The fraction of sp³-hybridized carbons (Fsp3) is 0.947. The standard InChI is InChI=1S/C75H146O17P2/c1-6-9-12-15-17-19-21-23-25-27-28-30-32-37-41-45-50-55-61-75(80)92-71(65-86-73(78)59-54-49-44-40-36-31-29-26-24-22-20-18-16-13-10-7-2)67-90-94(83,84)88-63-69(76)62-87-93(81,82)89-66-70(64-85-72(77)58-53-47-14-11-8-3)91-74(79)60-56-51-46-42-38-34-33-35-39-43-48-52-57-68(4)5/h68-71,76H,6-67H2,1-5H3,(H,81,82)(H,83,84)/t69-,70+,71+/m0/s1. The molecule has 0 aliphatic carbocycles. The van der Waals surface area contributed by atoms with Crippen molar-refractivity contribution < 1.29 is 80.2 Å².